The summed E-state index contributed by atoms with van der Waals surface area (Å²) in [6.45, 7) is 9.14. The first-order chi connectivity index (χ1) is 7.78. The molecule has 0 atom stereocenters. The number of nitrogens with one attached hydrogen (secondary N) is 1. The monoisotopic (exact) mass is 255 g/mol. The van der Waals surface area contributed by atoms with Crippen molar-refractivity contribution in [2.75, 3.05) is 6.54 Å². The summed E-state index contributed by atoms with van der Waals surface area (Å²) in [4.78, 5) is 0. The lowest BCUT2D eigenvalue weighted by atomic mass is 10.1. The van der Waals surface area contributed by atoms with E-state index in [-0.39, 0.29) is 16.4 Å². The molecule has 0 aliphatic rings. The third-order valence-electron chi connectivity index (χ3n) is 2.25. The second kappa shape index (κ2) is 5.65. The summed E-state index contributed by atoms with van der Waals surface area (Å²) in [6.07, 6.45) is 1.96. The van der Waals surface area contributed by atoms with Crippen molar-refractivity contribution < 1.29 is 4.39 Å². The minimum Gasteiger partial charge on any atom is -0.308 e. The van der Waals surface area contributed by atoms with E-state index in [4.69, 9.17) is 11.6 Å². The zero-order valence-corrected chi connectivity index (χ0v) is 11.5. The zero-order chi connectivity index (χ0) is 13.1. The van der Waals surface area contributed by atoms with Crippen LogP contribution in [0.3, 0.4) is 0 Å². The minimum atomic E-state index is -0.378. The highest BCUT2D eigenvalue weighted by atomic mass is 35.5. The summed E-state index contributed by atoms with van der Waals surface area (Å²) in [5.74, 6) is -0.378. The summed E-state index contributed by atoms with van der Waals surface area (Å²) in [6, 6.07) is 4.84. The first kappa shape index (κ1) is 14.2. The molecule has 0 saturated carbocycles. The third-order valence-corrected chi connectivity index (χ3v) is 2.56. The van der Waals surface area contributed by atoms with Crippen molar-refractivity contribution in [3.05, 3.63) is 40.2 Å². The van der Waals surface area contributed by atoms with E-state index in [9.17, 15) is 4.39 Å². The molecule has 0 heterocycles. The van der Waals surface area contributed by atoms with Gasteiger partial charge in [-0.25, -0.2) is 4.39 Å². The lowest BCUT2D eigenvalue weighted by Crippen LogP contribution is -2.36. The molecule has 0 aliphatic heterocycles. The van der Waals surface area contributed by atoms with Gasteiger partial charge >= 0.3 is 0 Å². The molecule has 1 aromatic rings. The van der Waals surface area contributed by atoms with Gasteiger partial charge in [-0.1, -0.05) is 29.3 Å². The summed E-state index contributed by atoms with van der Waals surface area (Å²) in [5, 5.41) is 3.54. The highest BCUT2D eigenvalue weighted by Crippen LogP contribution is 2.17. The van der Waals surface area contributed by atoms with Crippen molar-refractivity contribution in [1.82, 2.24) is 5.32 Å². The molecule has 0 radical (unpaired) electrons. The number of hydrogen-bond donors (Lipinski definition) is 1. The maximum Gasteiger partial charge on any atom is 0.142 e. The van der Waals surface area contributed by atoms with Gasteiger partial charge in [0.2, 0.25) is 0 Å². The van der Waals surface area contributed by atoms with Crippen molar-refractivity contribution in [3.63, 3.8) is 0 Å². The molecule has 1 rings (SSSR count). The second-order valence-corrected chi connectivity index (χ2v) is 5.67. The fourth-order valence-electron chi connectivity index (χ4n) is 1.34. The van der Waals surface area contributed by atoms with Crippen LogP contribution in [0.25, 0.3) is 6.08 Å². The maximum absolute atomic E-state index is 13.2. The normalized spacial score (nSPS) is 12.9. The Hall–Kier alpha value is -0.860. The van der Waals surface area contributed by atoms with Crippen LogP contribution in [0.15, 0.2) is 23.8 Å². The number of hydrogen-bond acceptors (Lipinski definition) is 1. The molecule has 1 N–H and O–H groups in total. The van der Waals surface area contributed by atoms with Gasteiger partial charge in [0.05, 0.1) is 5.02 Å². The molecule has 3 heteroatoms. The van der Waals surface area contributed by atoms with Gasteiger partial charge in [0.25, 0.3) is 0 Å². The quantitative estimate of drug-likeness (QED) is 0.851. The molecule has 0 fully saturated rings. The zero-order valence-electron chi connectivity index (χ0n) is 10.8. The number of rotatable bonds is 3. The average Bonchev–Trinajstić information content (AvgIpc) is 2.20. The Morgan fingerprint density at radius 1 is 1.41 bits per heavy atom. The minimum absolute atomic E-state index is 0.0837. The second-order valence-electron chi connectivity index (χ2n) is 5.27. The predicted octanol–water partition coefficient (Wildman–Crippen LogP) is 4.27. The van der Waals surface area contributed by atoms with Gasteiger partial charge < -0.3 is 5.32 Å². The topological polar surface area (TPSA) is 12.0 Å². The lowest BCUT2D eigenvalue weighted by Gasteiger charge is -2.20. The Balaban J connectivity index is 2.71. The van der Waals surface area contributed by atoms with E-state index in [0.717, 1.165) is 17.7 Å². The van der Waals surface area contributed by atoms with Crippen LogP contribution in [0.1, 0.15) is 33.3 Å². The number of halogens is 2. The highest BCUT2D eigenvalue weighted by molar-refractivity contribution is 6.30. The van der Waals surface area contributed by atoms with Crippen LogP contribution in [0.2, 0.25) is 5.02 Å². The molecule has 94 valence electrons. The van der Waals surface area contributed by atoms with Crippen LogP contribution in [0.4, 0.5) is 4.39 Å². The molecule has 0 aromatic heterocycles. The van der Waals surface area contributed by atoms with Crippen molar-refractivity contribution in [2.45, 2.75) is 33.2 Å². The van der Waals surface area contributed by atoms with Gasteiger partial charge in [-0.3, -0.25) is 0 Å². The summed E-state index contributed by atoms with van der Waals surface area (Å²) in [7, 11) is 0. The fraction of sp³-hybridized carbons (Fsp3) is 0.429. The highest BCUT2D eigenvalue weighted by Gasteiger charge is 2.07. The van der Waals surface area contributed by atoms with E-state index >= 15 is 0 Å². The van der Waals surface area contributed by atoms with Crippen LogP contribution in [0, 0.1) is 5.82 Å². The fourth-order valence-corrected chi connectivity index (χ4v) is 1.46. The first-order valence-electron chi connectivity index (χ1n) is 5.65. The third kappa shape index (κ3) is 5.33. The average molecular weight is 256 g/mol. The summed E-state index contributed by atoms with van der Waals surface area (Å²) in [5.41, 5.74) is 2.07. The molecule has 1 aromatic carbocycles. The Labute approximate surface area is 108 Å². The summed E-state index contributed by atoms with van der Waals surface area (Å²) < 4.78 is 13.2. The van der Waals surface area contributed by atoms with Gasteiger partial charge in [0.15, 0.2) is 0 Å². The molecule has 0 aliphatic carbocycles. The van der Waals surface area contributed by atoms with Crippen LogP contribution >= 0.6 is 11.6 Å². The number of benzene rings is 1. The molecule has 1 nitrogen and oxygen atoms in total. The Morgan fingerprint density at radius 2 is 2.06 bits per heavy atom. The smallest absolute Gasteiger partial charge is 0.142 e. The molecule has 0 amide bonds. The van der Waals surface area contributed by atoms with E-state index in [1.165, 1.54) is 6.07 Å². The van der Waals surface area contributed by atoms with Crippen molar-refractivity contribution in [2.24, 2.45) is 0 Å². The Morgan fingerprint density at radius 3 is 2.59 bits per heavy atom. The van der Waals surface area contributed by atoms with Crippen LogP contribution in [-0.2, 0) is 0 Å². The molecule has 0 unspecified atom stereocenters. The van der Waals surface area contributed by atoms with Gasteiger partial charge in [-0.15, -0.1) is 0 Å². The van der Waals surface area contributed by atoms with Gasteiger partial charge in [-0.2, -0.15) is 0 Å². The molecule has 0 bridgehead atoms. The molecular formula is C14H19ClFN. The Bertz CT molecular complexity index is 419. The van der Waals surface area contributed by atoms with E-state index in [1.54, 1.807) is 6.07 Å². The van der Waals surface area contributed by atoms with Gasteiger partial charge in [0.1, 0.15) is 5.82 Å². The molecular weight excluding hydrogens is 237 g/mol. The van der Waals surface area contributed by atoms with E-state index in [0.29, 0.717) is 0 Å². The van der Waals surface area contributed by atoms with E-state index < -0.39 is 0 Å². The SMILES string of the molecule is CC(=Cc1ccc(Cl)c(F)c1)CNC(C)(C)C. The van der Waals surface area contributed by atoms with Crippen molar-refractivity contribution in [1.29, 1.82) is 0 Å². The first-order valence-corrected chi connectivity index (χ1v) is 6.03. The predicted molar refractivity (Wildman–Crippen MR) is 72.8 cm³/mol. The van der Waals surface area contributed by atoms with E-state index in [1.807, 2.05) is 19.1 Å². The largest absolute Gasteiger partial charge is 0.308 e. The lowest BCUT2D eigenvalue weighted by molar-refractivity contribution is 0.445. The van der Waals surface area contributed by atoms with Crippen LogP contribution in [0.5, 0.6) is 0 Å². The Kier molecular flexibility index (Phi) is 4.72. The van der Waals surface area contributed by atoms with E-state index in [2.05, 4.69) is 26.1 Å². The van der Waals surface area contributed by atoms with Gasteiger partial charge in [-0.05, 0) is 45.4 Å². The van der Waals surface area contributed by atoms with Crippen molar-refractivity contribution in [3.8, 4) is 0 Å². The molecule has 0 spiro atoms. The van der Waals surface area contributed by atoms with Crippen molar-refractivity contribution >= 4 is 17.7 Å². The van der Waals surface area contributed by atoms with Crippen LogP contribution in [-0.4, -0.2) is 12.1 Å². The molecule has 0 saturated heterocycles. The van der Waals surface area contributed by atoms with Crippen LogP contribution < -0.4 is 5.32 Å². The molecule has 17 heavy (non-hydrogen) atoms. The maximum atomic E-state index is 13.2. The summed E-state index contributed by atoms with van der Waals surface area (Å²) >= 11 is 5.63. The van der Waals surface area contributed by atoms with Gasteiger partial charge in [0, 0.05) is 12.1 Å². The standard InChI is InChI=1S/C14H19ClFN/c1-10(9-17-14(2,3)4)7-11-5-6-12(15)13(16)8-11/h5-8,17H,9H2,1-4H3.